The number of carbonyl (C=O) groups is 1. The van der Waals surface area contributed by atoms with Crippen molar-refractivity contribution < 1.29 is 9.32 Å². The molecule has 3 aromatic rings. The van der Waals surface area contributed by atoms with E-state index in [2.05, 4.69) is 70.6 Å². The molecule has 0 spiro atoms. The molecule has 0 atom stereocenters. The minimum absolute atomic E-state index is 0.0913. The van der Waals surface area contributed by atoms with Crippen LogP contribution in [0, 0.1) is 19.8 Å². The molecule has 6 nitrogen and oxygen atoms in total. The predicted octanol–water partition coefficient (Wildman–Crippen LogP) is 4.62. The van der Waals surface area contributed by atoms with Gasteiger partial charge in [-0.05, 0) is 51.4 Å². The number of benzene rings is 2. The summed E-state index contributed by atoms with van der Waals surface area (Å²) in [6.45, 7) is 7.24. The number of nitrogens with zero attached hydrogens (tertiary/aromatic N) is 3. The summed E-state index contributed by atoms with van der Waals surface area (Å²) in [6, 6.07) is 16.7. The lowest BCUT2D eigenvalue weighted by Gasteiger charge is -2.30. The van der Waals surface area contributed by atoms with E-state index in [-0.39, 0.29) is 11.8 Å². The Hall–Kier alpha value is -2.64. The first-order valence-electron chi connectivity index (χ1n) is 11.6. The Kier molecular flexibility index (Phi) is 8.18. The summed E-state index contributed by atoms with van der Waals surface area (Å²) in [5.74, 6) is 3.44. The third-order valence-electron chi connectivity index (χ3n) is 5.96. The number of hydrogen-bond donors (Lipinski definition) is 1. The van der Waals surface area contributed by atoms with Gasteiger partial charge < -0.3 is 9.84 Å². The Morgan fingerprint density at radius 2 is 1.88 bits per heavy atom. The quantitative estimate of drug-likeness (QED) is 0.466. The van der Waals surface area contributed by atoms with Crippen molar-refractivity contribution in [2.75, 3.05) is 25.4 Å². The van der Waals surface area contributed by atoms with E-state index in [1.54, 1.807) is 0 Å². The van der Waals surface area contributed by atoms with Crippen LogP contribution < -0.4 is 5.32 Å². The first-order valence-corrected chi connectivity index (χ1v) is 12.8. The van der Waals surface area contributed by atoms with Crippen molar-refractivity contribution in [1.29, 1.82) is 0 Å². The van der Waals surface area contributed by atoms with Gasteiger partial charge >= 0.3 is 0 Å². The molecule has 0 saturated carbocycles. The molecule has 33 heavy (non-hydrogen) atoms. The summed E-state index contributed by atoms with van der Waals surface area (Å²) < 4.78 is 5.47. The third-order valence-corrected chi connectivity index (χ3v) is 6.99. The van der Waals surface area contributed by atoms with Gasteiger partial charge in [0.2, 0.25) is 17.6 Å². The Bertz CT molecular complexity index is 1060. The summed E-state index contributed by atoms with van der Waals surface area (Å²) in [5.41, 5.74) is 4.77. The maximum Gasteiger partial charge on any atom is 0.241 e. The number of rotatable bonds is 9. The number of likely N-dealkylation sites (tertiary alicyclic amines) is 1. The molecule has 0 radical (unpaired) electrons. The molecular formula is C26H32N4O2S. The van der Waals surface area contributed by atoms with Crippen LogP contribution in [0.1, 0.15) is 35.4 Å². The lowest BCUT2D eigenvalue weighted by atomic mass is 9.96. The average Bonchev–Trinajstić information content (AvgIpc) is 3.28. The second kappa shape index (κ2) is 11.5. The van der Waals surface area contributed by atoms with E-state index in [0.29, 0.717) is 18.3 Å². The molecule has 0 aliphatic carbocycles. The minimum atomic E-state index is 0.0913. The number of carbonyl (C=O) groups excluding carboxylic acids is 1. The smallest absolute Gasteiger partial charge is 0.241 e. The van der Waals surface area contributed by atoms with Gasteiger partial charge in [0, 0.05) is 29.5 Å². The number of amides is 1. The van der Waals surface area contributed by atoms with E-state index >= 15 is 0 Å². The van der Waals surface area contributed by atoms with Gasteiger partial charge in [0.15, 0.2) is 0 Å². The molecule has 1 aliphatic heterocycles. The molecule has 1 fully saturated rings. The van der Waals surface area contributed by atoms with Crippen LogP contribution >= 0.6 is 11.8 Å². The van der Waals surface area contributed by atoms with Crippen LogP contribution in [-0.2, 0) is 17.1 Å². The van der Waals surface area contributed by atoms with Crippen LogP contribution in [0.25, 0.3) is 11.4 Å². The van der Waals surface area contributed by atoms with Crippen LogP contribution in [0.15, 0.2) is 53.1 Å². The van der Waals surface area contributed by atoms with Crippen molar-refractivity contribution in [3.63, 3.8) is 0 Å². The van der Waals surface area contributed by atoms with Crippen LogP contribution in [-0.4, -0.2) is 46.3 Å². The van der Waals surface area contributed by atoms with Crippen LogP contribution in [0.2, 0.25) is 0 Å². The largest absolute Gasteiger partial charge is 0.355 e. The number of nitrogens with one attached hydrogen (secondary N) is 1. The molecule has 4 rings (SSSR count). The highest BCUT2D eigenvalue weighted by molar-refractivity contribution is 7.98. The summed E-state index contributed by atoms with van der Waals surface area (Å²) >= 11 is 1.86. The maximum atomic E-state index is 12.5. The van der Waals surface area contributed by atoms with Gasteiger partial charge in [-0.3, -0.25) is 9.69 Å². The Balaban J connectivity index is 1.14. The monoisotopic (exact) mass is 464 g/mol. The van der Waals surface area contributed by atoms with E-state index < -0.39 is 0 Å². The molecular weight excluding hydrogens is 432 g/mol. The zero-order valence-electron chi connectivity index (χ0n) is 19.4. The summed E-state index contributed by atoms with van der Waals surface area (Å²) in [5, 5.41) is 7.25. The summed E-state index contributed by atoms with van der Waals surface area (Å²) in [6.07, 6.45) is 1.72. The Morgan fingerprint density at radius 1 is 1.12 bits per heavy atom. The van der Waals surface area contributed by atoms with Crippen molar-refractivity contribution in [3.8, 4) is 11.4 Å². The predicted molar refractivity (Wildman–Crippen MR) is 133 cm³/mol. The number of aryl methyl sites for hydroxylation is 2. The summed E-state index contributed by atoms with van der Waals surface area (Å²) in [4.78, 5) is 19.4. The topological polar surface area (TPSA) is 71.3 Å². The van der Waals surface area contributed by atoms with E-state index in [1.807, 2.05) is 23.9 Å². The fraction of sp³-hybridized carbons (Fsp3) is 0.423. The van der Waals surface area contributed by atoms with Crippen LogP contribution in [0.4, 0.5) is 0 Å². The molecule has 1 N–H and O–H groups in total. The lowest BCUT2D eigenvalue weighted by molar-refractivity contribution is -0.126. The molecule has 7 heteroatoms. The van der Waals surface area contributed by atoms with Gasteiger partial charge in [-0.2, -0.15) is 16.7 Å². The zero-order chi connectivity index (χ0) is 23.0. The van der Waals surface area contributed by atoms with Crippen LogP contribution in [0.3, 0.4) is 0 Å². The van der Waals surface area contributed by atoms with Gasteiger partial charge in [-0.1, -0.05) is 58.7 Å². The highest BCUT2D eigenvalue weighted by atomic mass is 32.2. The SMILES string of the molecule is Cc1cccc(CSCCNC(=O)C2CCN(Cc3nc(-c4cccc(C)c4)no3)CC2)c1. The molecule has 0 bridgehead atoms. The number of piperidine rings is 1. The molecule has 1 saturated heterocycles. The second-order valence-corrected chi connectivity index (χ2v) is 9.87. The summed E-state index contributed by atoms with van der Waals surface area (Å²) in [7, 11) is 0. The van der Waals surface area contributed by atoms with Gasteiger partial charge in [-0.15, -0.1) is 0 Å². The lowest BCUT2D eigenvalue weighted by Crippen LogP contribution is -2.40. The van der Waals surface area contributed by atoms with E-state index in [0.717, 1.165) is 49.5 Å². The fourth-order valence-electron chi connectivity index (χ4n) is 4.15. The highest BCUT2D eigenvalue weighted by Crippen LogP contribution is 2.21. The Morgan fingerprint density at radius 3 is 2.64 bits per heavy atom. The molecule has 1 aromatic heterocycles. The molecule has 1 aliphatic rings. The van der Waals surface area contributed by atoms with Crippen molar-refractivity contribution in [2.24, 2.45) is 5.92 Å². The van der Waals surface area contributed by atoms with Crippen molar-refractivity contribution in [3.05, 3.63) is 71.1 Å². The van der Waals surface area contributed by atoms with E-state index in [1.165, 1.54) is 16.7 Å². The van der Waals surface area contributed by atoms with Crippen molar-refractivity contribution >= 4 is 17.7 Å². The van der Waals surface area contributed by atoms with Crippen molar-refractivity contribution in [2.45, 2.75) is 39.0 Å². The first-order chi connectivity index (χ1) is 16.1. The second-order valence-electron chi connectivity index (χ2n) is 8.76. The van der Waals surface area contributed by atoms with Gasteiger partial charge in [0.1, 0.15) is 0 Å². The number of aromatic nitrogens is 2. The van der Waals surface area contributed by atoms with Gasteiger partial charge in [0.05, 0.1) is 6.54 Å². The van der Waals surface area contributed by atoms with Crippen molar-refractivity contribution in [1.82, 2.24) is 20.4 Å². The molecule has 0 unspecified atom stereocenters. The van der Waals surface area contributed by atoms with E-state index in [4.69, 9.17) is 4.52 Å². The Labute approximate surface area is 200 Å². The standard InChI is InChI=1S/C26H32N4O2S/c1-19-5-3-7-21(15-19)18-33-14-11-27-26(31)22-9-12-30(13-10-22)17-24-28-25(29-32-24)23-8-4-6-20(2)16-23/h3-8,15-16,22H,9-14,17-18H2,1-2H3,(H,27,31). The fourth-order valence-corrected chi connectivity index (χ4v) is 4.95. The van der Waals surface area contributed by atoms with Gasteiger partial charge in [0.25, 0.3) is 0 Å². The molecule has 1 amide bonds. The normalized spacial score (nSPS) is 15.0. The molecule has 2 aromatic carbocycles. The molecule has 174 valence electrons. The number of thioether (sulfide) groups is 1. The van der Waals surface area contributed by atoms with Crippen LogP contribution in [0.5, 0.6) is 0 Å². The average molecular weight is 465 g/mol. The highest BCUT2D eigenvalue weighted by Gasteiger charge is 2.25. The first kappa shape index (κ1) is 23.5. The van der Waals surface area contributed by atoms with E-state index in [9.17, 15) is 4.79 Å². The third kappa shape index (κ3) is 6.92. The van der Waals surface area contributed by atoms with Gasteiger partial charge in [-0.25, -0.2) is 0 Å². The zero-order valence-corrected chi connectivity index (χ0v) is 20.2. The number of hydrogen-bond acceptors (Lipinski definition) is 6. The minimum Gasteiger partial charge on any atom is -0.355 e. The maximum absolute atomic E-state index is 12.5. The molecule has 2 heterocycles.